The number of hydrogen-bond acceptors (Lipinski definition) is 8. The van der Waals surface area contributed by atoms with Gasteiger partial charge in [0.15, 0.2) is 34.7 Å². The molecule has 0 atom stereocenters. The van der Waals surface area contributed by atoms with Crippen molar-refractivity contribution in [2.75, 3.05) is 0 Å². The second kappa shape index (κ2) is 28.8. The Bertz CT molecular complexity index is 4450. The summed E-state index contributed by atoms with van der Waals surface area (Å²) in [7, 11) is 0. The van der Waals surface area contributed by atoms with Crippen molar-refractivity contribution in [2.45, 2.75) is 19.3 Å². The third-order valence-electron chi connectivity index (χ3n) is 15.8. The molecule has 2 heterocycles. The predicted octanol–water partition coefficient (Wildman–Crippen LogP) is 19.1. The Kier molecular flexibility index (Phi) is 19.7. The number of hydrogen-bond donors (Lipinski definition) is 0. The SMILES string of the molecule is O=C(CC(=O)c1cccc2ccccc12)c1cccc2ccccc12.O=C(CC(=O)c1cccc2ccccc12)c1cccc2ccccc12.O=C(CC(=O)c1cccc2ccccc12)c1cccc2ccccc12.[Eu+3].c1cnc2c(c1)ccc1cccnc12. The molecule has 0 aliphatic heterocycles. The van der Waals surface area contributed by atoms with Crippen LogP contribution < -0.4 is 0 Å². The van der Waals surface area contributed by atoms with Crippen LogP contribution in [-0.2, 0) is 0 Å². The summed E-state index contributed by atoms with van der Waals surface area (Å²) in [4.78, 5) is 85.2. The van der Waals surface area contributed by atoms with Gasteiger partial charge in [-0.25, -0.2) is 0 Å². The predicted molar refractivity (Wildman–Crippen MR) is 361 cm³/mol. The van der Waals surface area contributed by atoms with Gasteiger partial charge in [-0.1, -0.05) is 279 Å². The summed E-state index contributed by atoms with van der Waals surface area (Å²) in [6.07, 6.45) is 3.24. The van der Waals surface area contributed by atoms with Gasteiger partial charge in [-0.3, -0.25) is 38.7 Å². The Hall–Kier alpha value is -10.2. The van der Waals surface area contributed by atoms with Gasteiger partial charge in [0.25, 0.3) is 0 Å². The van der Waals surface area contributed by atoms with Crippen LogP contribution in [0.25, 0.3) is 86.4 Å². The fourth-order valence-electron chi connectivity index (χ4n) is 11.5. The number of Topliss-reactive ketones (excluding diaryl/α,β-unsaturated/α-hetero) is 6. The Balaban J connectivity index is 0.000000125. The third kappa shape index (κ3) is 13.7. The van der Waals surface area contributed by atoms with Crippen LogP contribution >= 0.6 is 0 Å². The Labute approximate surface area is 560 Å². The summed E-state index contributed by atoms with van der Waals surface area (Å²) in [6.45, 7) is 0. The molecule has 0 bridgehead atoms. The summed E-state index contributed by atoms with van der Waals surface area (Å²) < 4.78 is 0. The molecule has 0 aliphatic carbocycles. The van der Waals surface area contributed by atoms with E-state index in [-0.39, 0.29) is 103 Å². The topological polar surface area (TPSA) is 128 Å². The molecule has 0 radical (unpaired) electrons. The minimum Gasteiger partial charge on any atom is -0.294 e. The molecule has 0 saturated carbocycles. The van der Waals surface area contributed by atoms with Crippen LogP contribution in [0.15, 0.2) is 304 Å². The number of carbonyl (C=O) groups is 6. The van der Waals surface area contributed by atoms with E-state index < -0.39 is 0 Å². The summed E-state index contributed by atoms with van der Waals surface area (Å²) >= 11 is 0. The van der Waals surface area contributed by atoms with Crippen molar-refractivity contribution < 1.29 is 78.1 Å². The maximum Gasteiger partial charge on any atom is 3.00 e. The molecule has 15 aromatic rings. The van der Waals surface area contributed by atoms with Gasteiger partial charge < -0.3 is 0 Å². The molecule has 430 valence electrons. The number of ketones is 6. The van der Waals surface area contributed by atoms with Crippen LogP contribution in [0.5, 0.6) is 0 Å². The normalized spacial score (nSPS) is 10.8. The number of aromatic nitrogens is 2. The minimum absolute atomic E-state index is 0. The van der Waals surface area contributed by atoms with E-state index in [4.69, 9.17) is 0 Å². The van der Waals surface area contributed by atoms with Gasteiger partial charge in [0.05, 0.1) is 30.3 Å². The zero-order valence-corrected chi connectivity index (χ0v) is 51.1. The van der Waals surface area contributed by atoms with Gasteiger partial charge in [-0.15, -0.1) is 0 Å². The molecule has 0 spiro atoms. The van der Waals surface area contributed by atoms with Crippen LogP contribution in [-0.4, -0.2) is 44.7 Å². The van der Waals surface area contributed by atoms with Gasteiger partial charge in [0, 0.05) is 56.5 Å². The molecule has 15 rings (SSSR count). The van der Waals surface area contributed by atoms with Crippen molar-refractivity contribution in [2.24, 2.45) is 0 Å². The van der Waals surface area contributed by atoms with Gasteiger partial charge >= 0.3 is 49.4 Å². The van der Waals surface area contributed by atoms with Gasteiger partial charge in [0.1, 0.15) is 0 Å². The van der Waals surface area contributed by atoms with Crippen LogP contribution in [0.3, 0.4) is 0 Å². The molecule has 0 N–H and O–H groups in total. The second-order valence-electron chi connectivity index (χ2n) is 21.4. The largest absolute Gasteiger partial charge is 3.00 e. The Morgan fingerprint density at radius 1 is 0.200 bits per heavy atom. The van der Waals surface area contributed by atoms with Crippen LogP contribution in [0.1, 0.15) is 81.4 Å². The second-order valence-corrected chi connectivity index (χ2v) is 21.4. The molecule has 13 aromatic carbocycles. The maximum absolute atomic E-state index is 12.8. The van der Waals surface area contributed by atoms with Crippen molar-refractivity contribution in [3.05, 3.63) is 337 Å². The first-order valence-corrected chi connectivity index (χ1v) is 29.3. The fourth-order valence-corrected chi connectivity index (χ4v) is 11.5. The number of benzene rings is 13. The monoisotopic (exact) mass is 1310 g/mol. The quantitative estimate of drug-likeness (QED) is 0.0672. The van der Waals surface area contributed by atoms with Crippen molar-refractivity contribution >= 4 is 121 Å². The third-order valence-corrected chi connectivity index (χ3v) is 15.8. The Morgan fingerprint density at radius 3 is 0.589 bits per heavy atom. The number of pyridine rings is 2. The van der Waals surface area contributed by atoms with E-state index in [1.807, 2.05) is 231 Å². The molecule has 0 amide bonds. The molecule has 0 aliphatic rings. The van der Waals surface area contributed by atoms with E-state index >= 15 is 0 Å². The van der Waals surface area contributed by atoms with Crippen LogP contribution in [0.2, 0.25) is 0 Å². The Morgan fingerprint density at radius 2 is 0.378 bits per heavy atom. The van der Waals surface area contributed by atoms with E-state index in [0.29, 0.717) is 33.4 Å². The minimum atomic E-state index is -0.144. The molecular weight excluding hydrogens is 1250 g/mol. The van der Waals surface area contributed by atoms with Crippen molar-refractivity contribution in [3.8, 4) is 0 Å². The van der Waals surface area contributed by atoms with E-state index in [2.05, 4.69) is 34.2 Å². The van der Waals surface area contributed by atoms with Crippen molar-refractivity contribution in [1.82, 2.24) is 9.97 Å². The van der Waals surface area contributed by atoms with Gasteiger partial charge in [-0.2, -0.15) is 0 Å². The van der Waals surface area contributed by atoms with E-state index in [1.165, 1.54) is 0 Å². The number of nitrogens with zero attached hydrogens (tertiary/aromatic N) is 2. The summed E-state index contributed by atoms with van der Waals surface area (Å²) in [5, 5.41) is 13.6. The van der Waals surface area contributed by atoms with Crippen LogP contribution in [0, 0.1) is 49.4 Å². The maximum atomic E-state index is 12.8. The average molecular weight is 1310 g/mol. The van der Waals surface area contributed by atoms with E-state index in [9.17, 15) is 28.8 Å². The number of rotatable bonds is 12. The van der Waals surface area contributed by atoms with Gasteiger partial charge in [-0.05, 0) is 76.8 Å². The summed E-state index contributed by atoms with van der Waals surface area (Å²) in [6, 6.07) is 92.3. The number of fused-ring (bicyclic) bond motifs is 9. The average Bonchev–Trinajstić information content (AvgIpc) is 1.51. The zero-order valence-electron chi connectivity index (χ0n) is 48.7. The standard InChI is InChI=1S/3C23H16O2.C12H8N2.Eu/c3*24-22(20-13-5-9-16-7-1-3-11-18(16)20)15-23(25)21-14-6-10-17-8-2-4-12-19(17)21;1-3-9-5-6-10-4-2-8-14-12(10)11(9)13-7-1;/h3*1-14H,15H2;1-8H;/q;;;;+3. The first-order chi connectivity index (χ1) is 43.7. The molecule has 8 nitrogen and oxygen atoms in total. The number of carbonyl (C=O) groups excluding carboxylic acids is 6. The molecule has 0 saturated heterocycles. The van der Waals surface area contributed by atoms with Crippen molar-refractivity contribution in [1.29, 1.82) is 0 Å². The summed E-state index contributed by atoms with van der Waals surface area (Å²) in [5.41, 5.74) is 5.58. The zero-order chi connectivity index (χ0) is 61.1. The molecule has 90 heavy (non-hydrogen) atoms. The molecule has 2 aromatic heterocycles. The van der Waals surface area contributed by atoms with E-state index in [0.717, 1.165) is 86.4 Å². The smallest absolute Gasteiger partial charge is 0.294 e. The molecule has 9 heteroatoms. The summed E-state index contributed by atoms with van der Waals surface area (Å²) in [5.74, 6) is -0.863. The van der Waals surface area contributed by atoms with E-state index in [1.54, 1.807) is 48.8 Å². The fraction of sp³-hybridized carbons (Fsp3) is 0.0370. The molecule has 0 unspecified atom stereocenters. The van der Waals surface area contributed by atoms with Gasteiger partial charge in [0.2, 0.25) is 0 Å². The first-order valence-electron chi connectivity index (χ1n) is 29.3. The van der Waals surface area contributed by atoms with Crippen molar-refractivity contribution in [3.63, 3.8) is 0 Å². The molecule has 0 fully saturated rings. The first kappa shape index (κ1) is 61.5. The van der Waals surface area contributed by atoms with Crippen LogP contribution in [0.4, 0.5) is 0 Å². The molecular formula is C81H56EuN2O6+3.